The van der Waals surface area contributed by atoms with Crippen molar-refractivity contribution >= 4 is 17.3 Å². The summed E-state index contributed by atoms with van der Waals surface area (Å²) < 4.78 is 5.32. The van der Waals surface area contributed by atoms with Gasteiger partial charge in [0.15, 0.2) is 5.78 Å². The van der Waals surface area contributed by atoms with Crippen LogP contribution in [-0.2, 0) is 0 Å². The summed E-state index contributed by atoms with van der Waals surface area (Å²) in [6.45, 7) is 1.98. The maximum atomic E-state index is 12.0. The number of ketones is 1. The number of methoxy groups -OCH3 is 1. The highest BCUT2D eigenvalue weighted by Crippen LogP contribution is 2.30. The molecule has 2 N–H and O–H groups in total. The van der Waals surface area contributed by atoms with E-state index in [1.54, 1.807) is 19.4 Å². The van der Waals surface area contributed by atoms with E-state index in [1.165, 1.54) is 0 Å². The van der Waals surface area contributed by atoms with Crippen LogP contribution in [0.5, 0.6) is 5.75 Å². The summed E-state index contributed by atoms with van der Waals surface area (Å²) in [5, 5.41) is 0. The summed E-state index contributed by atoms with van der Waals surface area (Å²) in [4.78, 5) is 20.6. The third-order valence-corrected chi connectivity index (χ3v) is 3.49. The average molecular weight is 281 g/mol. The number of carbonyl (C=O) groups is 1. The van der Waals surface area contributed by atoms with Crippen molar-refractivity contribution in [3.8, 4) is 17.0 Å². The van der Waals surface area contributed by atoms with Gasteiger partial charge < -0.3 is 10.5 Å². The number of ether oxygens (including phenoxy) is 1. The fraction of sp³-hybridized carbons (Fsp3) is 0.188. The third-order valence-electron chi connectivity index (χ3n) is 3.49. The van der Waals surface area contributed by atoms with Gasteiger partial charge in [-0.1, -0.05) is 12.1 Å². The lowest BCUT2D eigenvalue weighted by Gasteiger charge is -2.13. The van der Waals surface area contributed by atoms with Gasteiger partial charge >= 0.3 is 0 Å². The summed E-state index contributed by atoms with van der Waals surface area (Å²) in [7, 11) is 1.63. The molecule has 0 amide bonds. The fourth-order valence-electron chi connectivity index (χ4n) is 2.35. The number of aryl methyl sites for hydroxylation is 1. The van der Waals surface area contributed by atoms with E-state index >= 15 is 0 Å². The highest BCUT2D eigenvalue weighted by Gasteiger charge is 2.19. The molecular weight excluding hydrogens is 266 g/mol. The van der Waals surface area contributed by atoms with Gasteiger partial charge in [0, 0.05) is 11.1 Å². The molecule has 1 aromatic carbocycles. The molecule has 0 saturated carbocycles. The van der Waals surface area contributed by atoms with Crippen LogP contribution < -0.4 is 10.5 Å². The Labute approximate surface area is 122 Å². The van der Waals surface area contributed by atoms with Crippen LogP contribution >= 0.6 is 0 Å². The Morgan fingerprint density at radius 3 is 2.86 bits per heavy atom. The van der Waals surface area contributed by atoms with Gasteiger partial charge in [0.2, 0.25) is 0 Å². The quantitative estimate of drug-likeness (QED) is 0.918. The second-order valence-electron chi connectivity index (χ2n) is 4.97. The van der Waals surface area contributed by atoms with Crippen LogP contribution in [0.2, 0.25) is 0 Å². The van der Waals surface area contributed by atoms with E-state index in [4.69, 9.17) is 10.5 Å². The molecule has 5 heteroatoms. The lowest BCUT2D eigenvalue weighted by molar-refractivity contribution is 0.0999. The summed E-state index contributed by atoms with van der Waals surface area (Å²) >= 11 is 0. The van der Waals surface area contributed by atoms with Crippen molar-refractivity contribution in [3.63, 3.8) is 0 Å². The summed E-state index contributed by atoms with van der Waals surface area (Å²) in [5.74, 6) is 1.10. The van der Waals surface area contributed by atoms with Crippen LogP contribution in [0.1, 0.15) is 22.3 Å². The number of aliphatic imine (C=N–C) groups is 1. The second kappa shape index (κ2) is 5.01. The van der Waals surface area contributed by atoms with Gasteiger partial charge in [-0.2, -0.15) is 0 Å². The van der Waals surface area contributed by atoms with Gasteiger partial charge in [-0.25, -0.2) is 4.99 Å². The minimum absolute atomic E-state index is 0.0276. The van der Waals surface area contributed by atoms with Gasteiger partial charge in [0.1, 0.15) is 11.6 Å². The predicted octanol–water partition coefficient (Wildman–Crippen LogP) is 2.64. The van der Waals surface area contributed by atoms with Crippen LogP contribution in [0.3, 0.4) is 0 Å². The molecule has 0 unspecified atom stereocenters. The predicted molar refractivity (Wildman–Crippen MR) is 81.2 cm³/mol. The monoisotopic (exact) mass is 281 g/mol. The van der Waals surface area contributed by atoms with Crippen molar-refractivity contribution in [3.05, 3.63) is 41.6 Å². The second-order valence-corrected chi connectivity index (χ2v) is 4.97. The van der Waals surface area contributed by atoms with E-state index in [1.807, 2.05) is 25.1 Å². The number of hydrogen-bond donors (Lipinski definition) is 1. The third kappa shape index (κ3) is 2.38. The Balaban J connectivity index is 2.09. The highest BCUT2D eigenvalue weighted by atomic mass is 16.5. The van der Waals surface area contributed by atoms with Crippen LogP contribution in [0.25, 0.3) is 11.3 Å². The van der Waals surface area contributed by atoms with Crippen molar-refractivity contribution in [1.29, 1.82) is 0 Å². The van der Waals surface area contributed by atoms with Gasteiger partial charge in [0.05, 0.1) is 31.1 Å². The SMILES string of the molecule is COc1cc(-c2cc3c(cn2)N=C(N)CC3=O)ccc1C. The van der Waals surface area contributed by atoms with Gasteiger partial charge in [0.25, 0.3) is 0 Å². The summed E-state index contributed by atoms with van der Waals surface area (Å²) in [5.41, 5.74) is 9.39. The molecule has 106 valence electrons. The molecule has 0 aliphatic carbocycles. The Morgan fingerprint density at radius 2 is 2.10 bits per heavy atom. The van der Waals surface area contributed by atoms with Crippen LogP contribution in [0.4, 0.5) is 5.69 Å². The van der Waals surface area contributed by atoms with E-state index in [-0.39, 0.29) is 12.2 Å². The summed E-state index contributed by atoms with van der Waals surface area (Å²) in [6.07, 6.45) is 1.74. The first-order valence-electron chi connectivity index (χ1n) is 6.60. The van der Waals surface area contributed by atoms with E-state index in [9.17, 15) is 4.79 Å². The molecule has 2 aromatic rings. The number of benzene rings is 1. The number of aromatic nitrogens is 1. The number of nitrogens with two attached hydrogens (primary N) is 1. The molecule has 1 aliphatic rings. The minimum atomic E-state index is -0.0276. The zero-order valence-electron chi connectivity index (χ0n) is 11.9. The first kappa shape index (κ1) is 13.3. The number of rotatable bonds is 2. The number of hydrogen-bond acceptors (Lipinski definition) is 5. The van der Waals surface area contributed by atoms with Crippen molar-refractivity contribution in [2.75, 3.05) is 7.11 Å². The molecule has 0 bridgehead atoms. The number of fused-ring (bicyclic) bond motifs is 1. The maximum Gasteiger partial charge on any atom is 0.172 e. The zero-order valence-corrected chi connectivity index (χ0v) is 11.9. The number of nitrogens with zero attached hydrogens (tertiary/aromatic N) is 2. The Hall–Kier alpha value is -2.69. The van der Waals surface area contributed by atoms with Gasteiger partial charge in [-0.15, -0.1) is 0 Å². The van der Waals surface area contributed by atoms with Gasteiger partial charge in [-0.05, 0) is 24.6 Å². The molecule has 1 aromatic heterocycles. The van der Waals surface area contributed by atoms with E-state index < -0.39 is 0 Å². The minimum Gasteiger partial charge on any atom is -0.496 e. The Bertz CT molecular complexity index is 766. The normalized spacial score (nSPS) is 13.6. The smallest absolute Gasteiger partial charge is 0.172 e. The summed E-state index contributed by atoms with van der Waals surface area (Å²) in [6, 6.07) is 7.59. The van der Waals surface area contributed by atoms with E-state index in [0.29, 0.717) is 17.1 Å². The molecule has 21 heavy (non-hydrogen) atoms. The standard InChI is InChI=1S/C16H15N3O2/c1-9-3-4-10(5-15(9)21-2)12-6-11-13(8-18-12)19-16(17)7-14(11)20/h3-6,8H,7H2,1-2H3,(H2,17,19). The zero-order chi connectivity index (χ0) is 15.0. The lowest BCUT2D eigenvalue weighted by Crippen LogP contribution is -2.20. The molecule has 1 aliphatic heterocycles. The van der Waals surface area contributed by atoms with Crippen LogP contribution in [0.15, 0.2) is 35.5 Å². The fourth-order valence-corrected chi connectivity index (χ4v) is 2.35. The molecule has 2 heterocycles. The molecule has 3 rings (SSSR count). The Morgan fingerprint density at radius 1 is 1.29 bits per heavy atom. The largest absolute Gasteiger partial charge is 0.496 e. The van der Waals surface area contributed by atoms with Crippen molar-refractivity contribution in [2.45, 2.75) is 13.3 Å². The van der Waals surface area contributed by atoms with Crippen molar-refractivity contribution < 1.29 is 9.53 Å². The molecule has 0 spiro atoms. The van der Waals surface area contributed by atoms with Gasteiger partial charge in [-0.3, -0.25) is 9.78 Å². The first-order chi connectivity index (χ1) is 10.1. The van der Waals surface area contributed by atoms with Crippen molar-refractivity contribution in [1.82, 2.24) is 4.98 Å². The van der Waals surface area contributed by atoms with E-state index in [2.05, 4.69) is 9.98 Å². The maximum absolute atomic E-state index is 12.0. The van der Waals surface area contributed by atoms with Crippen LogP contribution in [0, 0.1) is 6.92 Å². The molecule has 0 fully saturated rings. The Kier molecular flexibility index (Phi) is 3.17. The molecule has 0 atom stereocenters. The number of pyridine rings is 1. The molecule has 0 saturated heterocycles. The van der Waals surface area contributed by atoms with Crippen LogP contribution in [-0.4, -0.2) is 23.7 Å². The number of amidine groups is 1. The lowest BCUT2D eigenvalue weighted by atomic mass is 10.0. The number of Topliss-reactive ketones (excluding diaryl/α,β-unsaturated/α-hetero) is 1. The topological polar surface area (TPSA) is 77.6 Å². The molecular formula is C16H15N3O2. The number of carbonyl (C=O) groups excluding carboxylic acids is 1. The first-order valence-corrected chi connectivity index (χ1v) is 6.60. The molecule has 0 radical (unpaired) electrons. The average Bonchev–Trinajstić information content (AvgIpc) is 2.47. The van der Waals surface area contributed by atoms with E-state index in [0.717, 1.165) is 22.6 Å². The molecule has 5 nitrogen and oxygen atoms in total. The van der Waals surface area contributed by atoms with Crippen molar-refractivity contribution in [2.24, 2.45) is 10.7 Å². The highest BCUT2D eigenvalue weighted by molar-refractivity contribution is 6.14.